The maximum atomic E-state index is 9.36. The van der Waals surface area contributed by atoms with Gasteiger partial charge in [-0.2, -0.15) is 5.10 Å². The molecular formula is C10H12N2O. The summed E-state index contributed by atoms with van der Waals surface area (Å²) in [5.74, 6) is 0. The molecule has 0 saturated carbocycles. The third-order valence-electron chi connectivity index (χ3n) is 2.25. The molecule has 0 amide bonds. The van der Waals surface area contributed by atoms with Crippen LogP contribution in [-0.2, 0) is 7.05 Å². The average Bonchev–Trinajstić information content (AvgIpc) is 2.47. The summed E-state index contributed by atoms with van der Waals surface area (Å²) in [5.41, 5.74) is 2.02. The molecule has 1 aromatic carbocycles. The monoisotopic (exact) mass is 176 g/mol. The number of hydrogen-bond donors (Lipinski definition) is 1. The molecule has 0 aliphatic carbocycles. The lowest BCUT2D eigenvalue weighted by molar-refractivity contribution is 0.199. The van der Waals surface area contributed by atoms with E-state index in [9.17, 15) is 5.11 Å². The summed E-state index contributed by atoms with van der Waals surface area (Å²) in [6.07, 6.45) is 1.39. The molecule has 0 saturated heterocycles. The molecule has 0 bridgehead atoms. The Morgan fingerprint density at radius 2 is 2.23 bits per heavy atom. The van der Waals surface area contributed by atoms with Crippen LogP contribution in [0.25, 0.3) is 10.9 Å². The lowest BCUT2D eigenvalue weighted by Gasteiger charge is -2.03. The molecule has 1 aromatic heterocycles. The Labute approximate surface area is 76.6 Å². The second-order valence-electron chi connectivity index (χ2n) is 3.26. The van der Waals surface area contributed by atoms with Crippen molar-refractivity contribution in [3.05, 3.63) is 30.0 Å². The van der Waals surface area contributed by atoms with E-state index in [1.54, 1.807) is 13.1 Å². The van der Waals surface area contributed by atoms with E-state index < -0.39 is 6.10 Å². The van der Waals surface area contributed by atoms with E-state index in [2.05, 4.69) is 5.10 Å². The van der Waals surface area contributed by atoms with Gasteiger partial charge in [0.05, 0.1) is 17.8 Å². The van der Waals surface area contributed by atoms with Crippen LogP contribution in [0.1, 0.15) is 18.6 Å². The van der Waals surface area contributed by atoms with Crippen molar-refractivity contribution in [2.24, 2.45) is 7.05 Å². The molecule has 0 aliphatic heterocycles. The molecule has 0 aliphatic rings. The minimum atomic E-state index is -0.412. The van der Waals surface area contributed by atoms with Gasteiger partial charge in [-0.1, -0.05) is 6.07 Å². The van der Waals surface area contributed by atoms with Gasteiger partial charge in [0.1, 0.15) is 0 Å². The molecule has 1 heterocycles. The van der Waals surface area contributed by atoms with Gasteiger partial charge in [-0.05, 0) is 24.6 Å². The van der Waals surface area contributed by atoms with E-state index in [0.717, 1.165) is 16.5 Å². The minimum absolute atomic E-state index is 0.412. The Bertz CT molecular complexity index is 431. The number of benzene rings is 1. The predicted molar refractivity (Wildman–Crippen MR) is 51.3 cm³/mol. The van der Waals surface area contributed by atoms with Gasteiger partial charge in [0.15, 0.2) is 0 Å². The van der Waals surface area contributed by atoms with Gasteiger partial charge in [-0.3, -0.25) is 4.68 Å². The van der Waals surface area contributed by atoms with Gasteiger partial charge in [0, 0.05) is 12.4 Å². The molecule has 0 fully saturated rings. The number of aliphatic hydroxyl groups excluding tert-OH is 1. The molecule has 0 radical (unpaired) electrons. The van der Waals surface area contributed by atoms with Crippen molar-refractivity contribution < 1.29 is 5.11 Å². The van der Waals surface area contributed by atoms with Crippen molar-refractivity contribution in [2.45, 2.75) is 13.0 Å². The first kappa shape index (κ1) is 8.26. The average molecular weight is 176 g/mol. The molecule has 68 valence electrons. The summed E-state index contributed by atoms with van der Waals surface area (Å²) < 4.78 is 1.82. The Morgan fingerprint density at radius 3 is 2.92 bits per heavy atom. The Morgan fingerprint density at radius 1 is 1.46 bits per heavy atom. The van der Waals surface area contributed by atoms with Crippen LogP contribution < -0.4 is 0 Å². The van der Waals surface area contributed by atoms with Gasteiger partial charge in [-0.15, -0.1) is 0 Å². The van der Waals surface area contributed by atoms with E-state index in [0.29, 0.717) is 0 Å². The zero-order chi connectivity index (χ0) is 9.42. The standard InChI is InChI=1S/C10H12N2O/c1-7(13)8-3-4-10-9(5-8)6-11-12(10)2/h3-7,13H,1-2H3/t7-/m0/s1. The second kappa shape index (κ2) is 2.85. The van der Waals surface area contributed by atoms with Crippen LogP contribution in [0.5, 0.6) is 0 Å². The summed E-state index contributed by atoms with van der Waals surface area (Å²) in [5, 5.41) is 14.6. The molecule has 3 nitrogen and oxygen atoms in total. The lowest BCUT2D eigenvalue weighted by atomic mass is 10.1. The van der Waals surface area contributed by atoms with Crippen LogP contribution in [0.15, 0.2) is 24.4 Å². The molecule has 13 heavy (non-hydrogen) atoms. The molecule has 0 spiro atoms. The molecule has 0 unspecified atom stereocenters. The lowest BCUT2D eigenvalue weighted by Crippen LogP contribution is -1.91. The van der Waals surface area contributed by atoms with E-state index in [4.69, 9.17) is 0 Å². The number of hydrogen-bond acceptors (Lipinski definition) is 2. The highest BCUT2D eigenvalue weighted by Crippen LogP contribution is 2.19. The van der Waals surface area contributed by atoms with Crippen molar-refractivity contribution >= 4 is 10.9 Å². The van der Waals surface area contributed by atoms with Crippen LogP contribution in [0.4, 0.5) is 0 Å². The van der Waals surface area contributed by atoms with Crippen LogP contribution in [-0.4, -0.2) is 14.9 Å². The fourth-order valence-electron chi connectivity index (χ4n) is 1.44. The van der Waals surface area contributed by atoms with Gasteiger partial charge in [0.2, 0.25) is 0 Å². The summed E-state index contributed by atoms with van der Waals surface area (Å²) in [7, 11) is 1.91. The van der Waals surface area contributed by atoms with Crippen molar-refractivity contribution in [3.63, 3.8) is 0 Å². The summed E-state index contributed by atoms with van der Waals surface area (Å²) >= 11 is 0. The first-order chi connectivity index (χ1) is 6.18. The van der Waals surface area contributed by atoms with E-state index in [1.807, 2.05) is 29.9 Å². The third kappa shape index (κ3) is 1.31. The number of aromatic nitrogens is 2. The van der Waals surface area contributed by atoms with E-state index in [1.165, 1.54) is 0 Å². The van der Waals surface area contributed by atoms with Crippen LogP contribution in [0.3, 0.4) is 0 Å². The summed E-state index contributed by atoms with van der Waals surface area (Å²) in [4.78, 5) is 0. The number of rotatable bonds is 1. The van der Waals surface area contributed by atoms with Crippen LogP contribution in [0.2, 0.25) is 0 Å². The normalized spacial score (nSPS) is 13.5. The zero-order valence-corrected chi connectivity index (χ0v) is 7.73. The number of aliphatic hydroxyl groups is 1. The van der Waals surface area contributed by atoms with Crippen molar-refractivity contribution in [2.75, 3.05) is 0 Å². The molecule has 1 atom stereocenters. The number of aryl methyl sites for hydroxylation is 1. The van der Waals surface area contributed by atoms with E-state index >= 15 is 0 Å². The zero-order valence-electron chi connectivity index (χ0n) is 7.73. The maximum absolute atomic E-state index is 9.36. The van der Waals surface area contributed by atoms with Crippen molar-refractivity contribution in [1.29, 1.82) is 0 Å². The Hall–Kier alpha value is -1.35. The highest BCUT2D eigenvalue weighted by molar-refractivity contribution is 5.79. The molecule has 2 rings (SSSR count). The molecule has 3 heteroatoms. The topological polar surface area (TPSA) is 38.1 Å². The van der Waals surface area contributed by atoms with Crippen molar-refractivity contribution in [1.82, 2.24) is 9.78 Å². The highest BCUT2D eigenvalue weighted by Gasteiger charge is 2.03. The third-order valence-corrected chi connectivity index (χ3v) is 2.25. The van der Waals surface area contributed by atoms with E-state index in [-0.39, 0.29) is 0 Å². The SMILES string of the molecule is C[C@H](O)c1ccc2c(cnn2C)c1. The Balaban J connectivity index is 2.63. The Kier molecular flexibility index (Phi) is 1.81. The largest absolute Gasteiger partial charge is 0.389 e. The quantitative estimate of drug-likeness (QED) is 0.717. The fourth-order valence-corrected chi connectivity index (χ4v) is 1.44. The van der Waals surface area contributed by atoms with Crippen molar-refractivity contribution in [3.8, 4) is 0 Å². The van der Waals surface area contributed by atoms with Gasteiger partial charge < -0.3 is 5.11 Å². The molecule has 2 aromatic rings. The number of fused-ring (bicyclic) bond motifs is 1. The summed E-state index contributed by atoms with van der Waals surface area (Å²) in [6.45, 7) is 1.76. The van der Waals surface area contributed by atoms with Crippen LogP contribution in [0, 0.1) is 0 Å². The molecule has 1 N–H and O–H groups in total. The maximum Gasteiger partial charge on any atom is 0.0762 e. The number of nitrogens with zero attached hydrogens (tertiary/aromatic N) is 2. The van der Waals surface area contributed by atoms with Gasteiger partial charge >= 0.3 is 0 Å². The van der Waals surface area contributed by atoms with Gasteiger partial charge in [0.25, 0.3) is 0 Å². The minimum Gasteiger partial charge on any atom is -0.389 e. The van der Waals surface area contributed by atoms with Gasteiger partial charge in [-0.25, -0.2) is 0 Å². The molecular weight excluding hydrogens is 164 g/mol. The predicted octanol–water partition coefficient (Wildman–Crippen LogP) is 1.63. The first-order valence-electron chi connectivity index (χ1n) is 4.28. The van der Waals surface area contributed by atoms with Crippen LogP contribution >= 0.6 is 0 Å². The summed E-state index contributed by atoms with van der Waals surface area (Å²) in [6, 6.07) is 5.87. The first-order valence-corrected chi connectivity index (χ1v) is 4.28. The smallest absolute Gasteiger partial charge is 0.0762 e. The highest BCUT2D eigenvalue weighted by atomic mass is 16.3. The fraction of sp³-hybridized carbons (Fsp3) is 0.300. The second-order valence-corrected chi connectivity index (χ2v) is 3.26.